The SMILES string of the molecule is CCC(F)[P]. The zero-order chi connectivity index (χ0) is 4.28. The minimum Gasteiger partial charge on any atom is -0.242 e. The highest BCUT2D eigenvalue weighted by Gasteiger charge is 1.87. The van der Waals surface area contributed by atoms with E-state index in [2.05, 4.69) is 9.24 Å². The number of halogens is 1. The molecule has 5 heavy (non-hydrogen) atoms. The first-order valence-electron chi connectivity index (χ1n) is 1.59. The molecular formula is C3H6FP. The summed E-state index contributed by atoms with van der Waals surface area (Å²) in [6.45, 7) is 1.75. The van der Waals surface area contributed by atoms with E-state index in [9.17, 15) is 4.39 Å². The molecule has 30 valence electrons. The van der Waals surface area contributed by atoms with Crippen molar-refractivity contribution in [1.82, 2.24) is 0 Å². The Balaban J connectivity index is 2.54. The minimum absolute atomic E-state index is 0.503. The quantitative estimate of drug-likeness (QED) is 0.434. The summed E-state index contributed by atoms with van der Waals surface area (Å²) in [5.74, 6) is -0.921. The fraction of sp³-hybridized carbons (Fsp3) is 1.00. The van der Waals surface area contributed by atoms with E-state index < -0.39 is 5.91 Å². The molecule has 0 aliphatic heterocycles. The summed E-state index contributed by atoms with van der Waals surface area (Å²) in [4.78, 5) is 0. The van der Waals surface area contributed by atoms with Gasteiger partial charge in [0.2, 0.25) is 0 Å². The molecule has 0 rings (SSSR count). The Bertz CT molecular complexity index is 20.9. The zero-order valence-electron chi connectivity index (χ0n) is 3.11. The smallest absolute Gasteiger partial charge is 0.127 e. The van der Waals surface area contributed by atoms with Crippen LogP contribution in [0, 0.1) is 0 Å². The largest absolute Gasteiger partial charge is 0.242 e. The fourth-order valence-electron chi connectivity index (χ4n) is 0. The third-order valence-electron chi connectivity index (χ3n) is 0.337. The Morgan fingerprint density at radius 2 is 2.20 bits per heavy atom. The number of rotatable bonds is 1. The lowest BCUT2D eigenvalue weighted by molar-refractivity contribution is 0.442. The molecule has 0 aromatic heterocycles. The number of alkyl halides is 1. The Kier molecular flexibility index (Phi) is 2.78. The van der Waals surface area contributed by atoms with Gasteiger partial charge in [-0.1, -0.05) is 6.92 Å². The van der Waals surface area contributed by atoms with E-state index in [1.165, 1.54) is 0 Å². The molecule has 0 aliphatic carbocycles. The third kappa shape index (κ3) is 4.36. The molecule has 0 nitrogen and oxygen atoms in total. The highest BCUT2D eigenvalue weighted by atomic mass is 31.0. The van der Waals surface area contributed by atoms with Crippen LogP contribution in [-0.4, -0.2) is 5.91 Å². The average molecular weight is 92.1 g/mol. The summed E-state index contributed by atoms with van der Waals surface area (Å²) in [6, 6.07) is 0. The van der Waals surface area contributed by atoms with Crippen molar-refractivity contribution in [2.75, 3.05) is 0 Å². The van der Waals surface area contributed by atoms with Gasteiger partial charge in [-0.2, -0.15) is 0 Å². The summed E-state index contributed by atoms with van der Waals surface area (Å²) >= 11 is 0. The van der Waals surface area contributed by atoms with Crippen molar-refractivity contribution in [3.05, 3.63) is 0 Å². The van der Waals surface area contributed by atoms with E-state index in [1.54, 1.807) is 6.92 Å². The van der Waals surface area contributed by atoms with E-state index >= 15 is 0 Å². The standard InChI is InChI=1S/C3H6FP/c1-2-3(4)5/h3H,2H2,1H3. The molecule has 0 bridgehead atoms. The van der Waals surface area contributed by atoms with Crippen molar-refractivity contribution in [2.24, 2.45) is 0 Å². The molecule has 0 aromatic rings. The number of hydrogen-bond donors (Lipinski definition) is 0. The molecule has 0 fully saturated rings. The Morgan fingerprint density at radius 1 is 2.00 bits per heavy atom. The van der Waals surface area contributed by atoms with Crippen LogP contribution in [0.25, 0.3) is 0 Å². The van der Waals surface area contributed by atoms with Gasteiger partial charge in [0, 0.05) is 0 Å². The van der Waals surface area contributed by atoms with E-state index in [1.807, 2.05) is 0 Å². The van der Waals surface area contributed by atoms with Crippen LogP contribution < -0.4 is 0 Å². The molecule has 2 heteroatoms. The summed E-state index contributed by atoms with van der Waals surface area (Å²) in [5.41, 5.74) is 0. The predicted octanol–water partition coefficient (Wildman–Crippen LogP) is 2.10. The summed E-state index contributed by atoms with van der Waals surface area (Å²) in [6.07, 6.45) is 0.503. The van der Waals surface area contributed by atoms with Gasteiger partial charge in [-0.05, 0) is 15.7 Å². The van der Waals surface area contributed by atoms with Gasteiger partial charge in [-0.3, -0.25) is 0 Å². The second-order valence-corrected chi connectivity index (χ2v) is 1.40. The highest BCUT2D eigenvalue weighted by Crippen LogP contribution is 2.02. The molecule has 1 unspecified atom stereocenters. The summed E-state index contributed by atoms with van der Waals surface area (Å²) < 4.78 is 11.3. The Morgan fingerprint density at radius 3 is 2.20 bits per heavy atom. The molecular weight excluding hydrogens is 86.0 g/mol. The molecule has 0 amide bonds. The predicted molar refractivity (Wildman–Crippen MR) is 22.1 cm³/mol. The van der Waals surface area contributed by atoms with Crippen molar-refractivity contribution < 1.29 is 4.39 Å². The summed E-state index contributed by atoms with van der Waals surface area (Å²) in [7, 11) is 3.43. The molecule has 2 radical (unpaired) electrons. The Labute approximate surface area is 34.0 Å². The lowest BCUT2D eigenvalue weighted by Gasteiger charge is -1.84. The van der Waals surface area contributed by atoms with Crippen molar-refractivity contribution in [1.29, 1.82) is 0 Å². The van der Waals surface area contributed by atoms with Crippen LogP contribution in [0.1, 0.15) is 13.3 Å². The van der Waals surface area contributed by atoms with Gasteiger partial charge in [-0.25, -0.2) is 4.39 Å². The second-order valence-electron chi connectivity index (χ2n) is 0.843. The monoisotopic (exact) mass is 92.0 g/mol. The molecule has 1 atom stereocenters. The first-order chi connectivity index (χ1) is 2.27. The maximum atomic E-state index is 11.3. The van der Waals surface area contributed by atoms with Gasteiger partial charge >= 0.3 is 0 Å². The first-order valence-corrected chi connectivity index (χ1v) is 2.11. The fourth-order valence-corrected chi connectivity index (χ4v) is 0. The van der Waals surface area contributed by atoms with Crippen LogP contribution in [0.5, 0.6) is 0 Å². The molecule has 0 heterocycles. The van der Waals surface area contributed by atoms with Gasteiger partial charge in [0.15, 0.2) is 0 Å². The topological polar surface area (TPSA) is 0 Å². The van der Waals surface area contributed by atoms with Gasteiger partial charge in [0.1, 0.15) is 5.91 Å². The van der Waals surface area contributed by atoms with Gasteiger partial charge in [-0.15, -0.1) is 0 Å². The van der Waals surface area contributed by atoms with Crippen molar-refractivity contribution in [3.63, 3.8) is 0 Å². The van der Waals surface area contributed by atoms with E-state index in [4.69, 9.17) is 0 Å². The van der Waals surface area contributed by atoms with Gasteiger partial charge < -0.3 is 0 Å². The van der Waals surface area contributed by atoms with E-state index in [0.717, 1.165) is 0 Å². The second kappa shape index (κ2) is 2.59. The zero-order valence-corrected chi connectivity index (χ0v) is 4.00. The van der Waals surface area contributed by atoms with E-state index in [-0.39, 0.29) is 0 Å². The van der Waals surface area contributed by atoms with E-state index in [0.29, 0.717) is 6.42 Å². The average Bonchev–Trinajstić information content (AvgIpc) is 1.38. The molecule has 0 N–H and O–H groups in total. The van der Waals surface area contributed by atoms with Crippen LogP contribution >= 0.6 is 9.24 Å². The van der Waals surface area contributed by atoms with Crippen LogP contribution in [0.3, 0.4) is 0 Å². The Hall–Kier alpha value is 0.360. The maximum Gasteiger partial charge on any atom is 0.127 e. The van der Waals surface area contributed by atoms with Gasteiger partial charge in [0.25, 0.3) is 0 Å². The molecule has 0 spiro atoms. The van der Waals surface area contributed by atoms with Crippen LogP contribution in [0.15, 0.2) is 0 Å². The first kappa shape index (κ1) is 5.36. The lowest BCUT2D eigenvalue weighted by Crippen LogP contribution is -1.76. The van der Waals surface area contributed by atoms with Crippen LogP contribution in [0.2, 0.25) is 0 Å². The van der Waals surface area contributed by atoms with Crippen molar-refractivity contribution in [2.45, 2.75) is 19.3 Å². The van der Waals surface area contributed by atoms with Crippen molar-refractivity contribution >= 4 is 9.24 Å². The van der Waals surface area contributed by atoms with Crippen molar-refractivity contribution in [3.8, 4) is 0 Å². The summed E-state index contributed by atoms with van der Waals surface area (Å²) in [5, 5.41) is 0. The molecule has 0 saturated heterocycles. The molecule has 0 saturated carbocycles. The lowest BCUT2D eigenvalue weighted by atomic mass is 10.6. The minimum atomic E-state index is -0.921. The molecule has 0 aromatic carbocycles. The number of hydrogen-bond acceptors (Lipinski definition) is 0. The van der Waals surface area contributed by atoms with Gasteiger partial charge in [0.05, 0.1) is 0 Å². The normalized spacial score (nSPS) is 15.0. The maximum absolute atomic E-state index is 11.3. The van der Waals surface area contributed by atoms with Crippen LogP contribution in [0.4, 0.5) is 4.39 Å². The molecule has 0 aliphatic rings. The third-order valence-corrected chi connectivity index (χ3v) is 0.702. The highest BCUT2D eigenvalue weighted by molar-refractivity contribution is 7.17. The van der Waals surface area contributed by atoms with Crippen LogP contribution in [-0.2, 0) is 0 Å².